The smallest absolute Gasteiger partial charge is 0.328 e. The summed E-state index contributed by atoms with van der Waals surface area (Å²) in [7, 11) is 0. The third kappa shape index (κ3) is 5.52. The van der Waals surface area contributed by atoms with Gasteiger partial charge in [0.2, 0.25) is 0 Å². The van der Waals surface area contributed by atoms with Crippen molar-refractivity contribution in [2.24, 2.45) is 0 Å². The second kappa shape index (κ2) is 8.97. The molecule has 142 valence electrons. The van der Waals surface area contributed by atoms with Crippen LogP contribution in [0.5, 0.6) is 0 Å². The van der Waals surface area contributed by atoms with Crippen LogP contribution in [0.1, 0.15) is 24.0 Å². The lowest BCUT2D eigenvalue weighted by Crippen LogP contribution is -2.39. The summed E-state index contributed by atoms with van der Waals surface area (Å²) < 4.78 is 13.8. The summed E-state index contributed by atoms with van der Waals surface area (Å²) in [5.41, 5.74) is 1.35. The second-order valence-corrected chi connectivity index (χ2v) is 6.96. The van der Waals surface area contributed by atoms with E-state index < -0.39 is 5.97 Å². The average Bonchev–Trinajstić information content (AvgIpc) is 2.65. The molecule has 0 unspecified atom stereocenters. The monoisotopic (exact) mass is 389 g/mol. The fourth-order valence-corrected chi connectivity index (χ4v) is 3.34. The molecule has 1 fully saturated rings. The topological polar surface area (TPSA) is 65.5 Å². The maximum absolute atomic E-state index is 13.8. The highest BCUT2D eigenvalue weighted by Gasteiger charge is 2.21. The van der Waals surface area contributed by atoms with Crippen LogP contribution in [0.2, 0.25) is 5.02 Å². The third-order valence-corrected chi connectivity index (χ3v) is 4.85. The summed E-state index contributed by atoms with van der Waals surface area (Å²) in [6.07, 6.45) is 5.90. The first-order valence-electron chi connectivity index (χ1n) is 8.80. The minimum Gasteiger partial charge on any atom is -0.478 e. The number of hydrogen-bond donors (Lipinski definition) is 2. The number of halogens is 2. The van der Waals surface area contributed by atoms with Crippen molar-refractivity contribution in [2.75, 3.05) is 18.4 Å². The Kier molecular flexibility index (Phi) is 6.42. The molecule has 2 heterocycles. The molecule has 1 aromatic carbocycles. The predicted octanol–water partition coefficient (Wildman–Crippen LogP) is 4.05. The first-order chi connectivity index (χ1) is 13.0. The van der Waals surface area contributed by atoms with E-state index in [1.165, 1.54) is 12.1 Å². The zero-order valence-electron chi connectivity index (χ0n) is 14.7. The molecule has 5 nitrogen and oxygen atoms in total. The van der Waals surface area contributed by atoms with Gasteiger partial charge < -0.3 is 10.4 Å². The predicted molar refractivity (Wildman–Crippen MR) is 104 cm³/mol. The summed E-state index contributed by atoms with van der Waals surface area (Å²) >= 11 is 6.26. The van der Waals surface area contributed by atoms with E-state index in [9.17, 15) is 9.18 Å². The van der Waals surface area contributed by atoms with E-state index in [0.29, 0.717) is 22.9 Å². The standard InChI is InChI=1S/C20H21ClFN3O2/c21-17-11-14(5-6-19(26)27)12-23-20(17)24-16-7-9-25(10-8-16)13-15-3-1-2-4-18(15)22/h1-6,11-12,16H,7-10,13H2,(H,23,24)(H,26,27). The normalized spacial score (nSPS) is 15.9. The van der Waals surface area contributed by atoms with Crippen LogP contribution in [0, 0.1) is 5.82 Å². The molecular formula is C20H21ClFN3O2. The Hall–Kier alpha value is -2.44. The molecule has 27 heavy (non-hydrogen) atoms. The molecule has 0 amide bonds. The molecule has 3 rings (SSSR count). The van der Waals surface area contributed by atoms with Crippen molar-refractivity contribution >= 4 is 29.5 Å². The van der Waals surface area contributed by atoms with Gasteiger partial charge >= 0.3 is 5.97 Å². The van der Waals surface area contributed by atoms with Crippen LogP contribution < -0.4 is 5.32 Å². The quantitative estimate of drug-likeness (QED) is 0.730. The Morgan fingerprint density at radius 3 is 2.78 bits per heavy atom. The van der Waals surface area contributed by atoms with Crippen molar-refractivity contribution in [2.45, 2.75) is 25.4 Å². The number of piperidine rings is 1. The van der Waals surface area contributed by atoms with E-state index in [4.69, 9.17) is 16.7 Å². The summed E-state index contributed by atoms with van der Waals surface area (Å²) in [6, 6.07) is 8.80. The number of carbonyl (C=O) groups is 1. The highest BCUT2D eigenvalue weighted by atomic mass is 35.5. The van der Waals surface area contributed by atoms with E-state index in [2.05, 4.69) is 15.2 Å². The van der Waals surface area contributed by atoms with Crippen LogP contribution >= 0.6 is 11.6 Å². The van der Waals surface area contributed by atoms with E-state index >= 15 is 0 Å². The number of pyridine rings is 1. The van der Waals surface area contributed by atoms with Crippen LogP contribution in [0.25, 0.3) is 6.08 Å². The first-order valence-corrected chi connectivity index (χ1v) is 9.18. The van der Waals surface area contributed by atoms with Crippen LogP contribution in [0.4, 0.5) is 10.2 Å². The Labute approximate surface area is 162 Å². The molecular weight excluding hydrogens is 369 g/mol. The van der Waals surface area contributed by atoms with Crippen molar-refractivity contribution in [3.05, 3.63) is 64.6 Å². The molecule has 7 heteroatoms. The summed E-state index contributed by atoms with van der Waals surface area (Å²) in [6.45, 7) is 2.34. The zero-order valence-corrected chi connectivity index (χ0v) is 15.5. The number of likely N-dealkylation sites (tertiary alicyclic amines) is 1. The highest BCUT2D eigenvalue weighted by Crippen LogP contribution is 2.24. The van der Waals surface area contributed by atoms with Crippen molar-refractivity contribution in [1.82, 2.24) is 9.88 Å². The summed E-state index contributed by atoms with van der Waals surface area (Å²) in [4.78, 5) is 17.1. The van der Waals surface area contributed by atoms with Gasteiger partial charge in [0.25, 0.3) is 0 Å². The molecule has 0 saturated carbocycles. The largest absolute Gasteiger partial charge is 0.478 e. The minimum atomic E-state index is -1.02. The third-order valence-electron chi connectivity index (χ3n) is 4.56. The van der Waals surface area contributed by atoms with Crippen LogP contribution in [-0.2, 0) is 11.3 Å². The lowest BCUT2D eigenvalue weighted by Gasteiger charge is -2.32. The fourth-order valence-electron chi connectivity index (χ4n) is 3.11. The van der Waals surface area contributed by atoms with Gasteiger partial charge in [-0.15, -0.1) is 0 Å². The molecule has 2 N–H and O–H groups in total. The summed E-state index contributed by atoms with van der Waals surface area (Å²) in [5.74, 6) is -0.585. The SMILES string of the molecule is O=C(O)C=Cc1cnc(NC2CCN(Cc3ccccc3F)CC2)c(Cl)c1. The Bertz CT molecular complexity index is 836. The molecule has 0 spiro atoms. The zero-order chi connectivity index (χ0) is 19.2. The van der Waals surface area contributed by atoms with Gasteiger partial charge in [-0.3, -0.25) is 4.90 Å². The lowest BCUT2D eigenvalue weighted by atomic mass is 10.0. The Morgan fingerprint density at radius 2 is 2.11 bits per heavy atom. The minimum absolute atomic E-state index is 0.161. The van der Waals surface area contributed by atoms with Gasteiger partial charge in [-0.05, 0) is 36.6 Å². The van der Waals surface area contributed by atoms with Gasteiger partial charge in [-0.1, -0.05) is 29.8 Å². The Balaban J connectivity index is 1.53. The molecule has 1 aromatic heterocycles. The van der Waals surface area contributed by atoms with Gasteiger partial charge in [0.05, 0.1) is 5.02 Å². The molecule has 0 atom stereocenters. The summed E-state index contributed by atoms with van der Waals surface area (Å²) in [5, 5.41) is 12.5. The number of hydrogen-bond acceptors (Lipinski definition) is 4. The van der Waals surface area contributed by atoms with Crippen molar-refractivity contribution in [1.29, 1.82) is 0 Å². The van der Waals surface area contributed by atoms with Gasteiger partial charge in [0, 0.05) is 43.5 Å². The molecule has 1 aliphatic heterocycles. The van der Waals surface area contributed by atoms with Crippen molar-refractivity contribution < 1.29 is 14.3 Å². The van der Waals surface area contributed by atoms with Gasteiger partial charge in [-0.2, -0.15) is 0 Å². The molecule has 1 saturated heterocycles. The number of carboxylic acids is 1. The maximum atomic E-state index is 13.8. The molecule has 0 bridgehead atoms. The number of carboxylic acid groups (broad SMARTS) is 1. The number of aromatic nitrogens is 1. The van der Waals surface area contributed by atoms with Crippen LogP contribution in [0.3, 0.4) is 0 Å². The first kappa shape index (κ1) is 19.3. The molecule has 0 aliphatic carbocycles. The maximum Gasteiger partial charge on any atom is 0.328 e. The van der Waals surface area contributed by atoms with E-state index in [1.807, 2.05) is 12.1 Å². The number of nitrogens with zero attached hydrogens (tertiary/aromatic N) is 2. The van der Waals surface area contributed by atoms with Crippen molar-refractivity contribution in [3.8, 4) is 0 Å². The van der Waals surface area contributed by atoms with Crippen molar-refractivity contribution in [3.63, 3.8) is 0 Å². The lowest BCUT2D eigenvalue weighted by molar-refractivity contribution is -0.131. The van der Waals surface area contributed by atoms with Crippen LogP contribution in [0.15, 0.2) is 42.6 Å². The second-order valence-electron chi connectivity index (χ2n) is 6.56. The van der Waals surface area contributed by atoms with E-state index in [0.717, 1.165) is 37.6 Å². The number of anilines is 1. The van der Waals surface area contributed by atoms with Crippen LogP contribution in [-0.4, -0.2) is 40.1 Å². The van der Waals surface area contributed by atoms with E-state index in [-0.39, 0.29) is 11.9 Å². The number of nitrogens with one attached hydrogen (secondary N) is 1. The van der Waals surface area contributed by atoms with E-state index in [1.54, 1.807) is 18.3 Å². The number of benzene rings is 1. The highest BCUT2D eigenvalue weighted by molar-refractivity contribution is 6.33. The molecule has 0 radical (unpaired) electrons. The van der Waals surface area contributed by atoms with Gasteiger partial charge in [0.1, 0.15) is 11.6 Å². The number of rotatable bonds is 6. The Morgan fingerprint density at radius 1 is 1.37 bits per heavy atom. The fraction of sp³-hybridized carbons (Fsp3) is 0.300. The molecule has 1 aliphatic rings. The van der Waals surface area contributed by atoms with Gasteiger partial charge in [-0.25, -0.2) is 14.2 Å². The molecule has 2 aromatic rings. The number of aliphatic carboxylic acids is 1. The van der Waals surface area contributed by atoms with Gasteiger partial charge in [0.15, 0.2) is 0 Å². The average molecular weight is 390 g/mol.